The lowest BCUT2D eigenvalue weighted by molar-refractivity contribution is 0.310. The van der Waals surface area contributed by atoms with Gasteiger partial charge in [-0.25, -0.2) is 0 Å². The molecule has 0 radical (unpaired) electrons. The van der Waals surface area contributed by atoms with Crippen molar-refractivity contribution in [1.82, 2.24) is 19.7 Å². The van der Waals surface area contributed by atoms with Gasteiger partial charge in [-0.2, -0.15) is 15.1 Å². The van der Waals surface area contributed by atoms with E-state index >= 15 is 0 Å². The van der Waals surface area contributed by atoms with Crippen LogP contribution in [0.1, 0.15) is 12.5 Å². The Labute approximate surface area is 139 Å². The second-order valence-corrected chi connectivity index (χ2v) is 5.21. The number of anilines is 2. The standard InChI is InChI=1S/C16H20N6O2/c1-4-24-12-6-5-10(7-13(12)23-3)8-18-16-20-14(17)11-9-19-22(2)15(11)21-16/h5-7,9H,4,8H2,1-3H3,(H3,17,18,20,21). The van der Waals surface area contributed by atoms with Crippen LogP contribution < -0.4 is 20.5 Å². The summed E-state index contributed by atoms with van der Waals surface area (Å²) >= 11 is 0. The number of methoxy groups -OCH3 is 1. The quantitative estimate of drug-likeness (QED) is 0.713. The van der Waals surface area contributed by atoms with Crippen molar-refractivity contribution in [3.8, 4) is 11.5 Å². The van der Waals surface area contributed by atoms with Crippen LogP contribution in [0.3, 0.4) is 0 Å². The van der Waals surface area contributed by atoms with Crippen LogP contribution in [0.4, 0.5) is 11.8 Å². The molecule has 8 heteroatoms. The fraction of sp³-hybridized carbons (Fsp3) is 0.312. The van der Waals surface area contributed by atoms with Gasteiger partial charge in [-0.3, -0.25) is 4.68 Å². The van der Waals surface area contributed by atoms with Gasteiger partial charge in [0.05, 0.1) is 25.3 Å². The SMILES string of the molecule is CCOc1ccc(CNc2nc(N)c3cnn(C)c3n2)cc1OC. The number of benzene rings is 1. The van der Waals surface area contributed by atoms with Crippen molar-refractivity contribution in [1.29, 1.82) is 0 Å². The number of nitrogens with one attached hydrogen (secondary N) is 1. The Morgan fingerprint density at radius 3 is 2.83 bits per heavy atom. The minimum atomic E-state index is 0.403. The molecule has 0 spiro atoms. The molecule has 0 aliphatic heterocycles. The molecule has 0 aliphatic rings. The molecule has 0 amide bonds. The van der Waals surface area contributed by atoms with Crippen LogP contribution in [0.25, 0.3) is 11.0 Å². The Morgan fingerprint density at radius 1 is 1.25 bits per heavy atom. The molecule has 2 aromatic heterocycles. The van der Waals surface area contributed by atoms with Gasteiger partial charge in [-0.05, 0) is 24.6 Å². The summed E-state index contributed by atoms with van der Waals surface area (Å²) in [5.74, 6) is 2.27. The zero-order valence-electron chi connectivity index (χ0n) is 13.9. The number of aryl methyl sites for hydroxylation is 1. The van der Waals surface area contributed by atoms with Crippen molar-refractivity contribution < 1.29 is 9.47 Å². The number of ether oxygens (including phenoxy) is 2. The third-order valence-corrected chi connectivity index (χ3v) is 3.60. The highest BCUT2D eigenvalue weighted by Gasteiger charge is 2.10. The average Bonchev–Trinajstić information content (AvgIpc) is 2.96. The maximum absolute atomic E-state index is 5.96. The summed E-state index contributed by atoms with van der Waals surface area (Å²) in [5, 5.41) is 8.06. The number of nitrogens with two attached hydrogens (primary N) is 1. The molecule has 2 heterocycles. The second kappa shape index (κ2) is 6.61. The van der Waals surface area contributed by atoms with Gasteiger partial charge in [0.2, 0.25) is 5.95 Å². The molecule has 0 fully saturated rings. The Hall–Kier alpha value is -3.03. The van der Waals surface area contributed by atoms with Gasteiger partial charge in [0, 0.05) is 13.6 Å². The normalized spacial score (nSPS) is 10.8. The number of nitrogen functional groups attached to an aromatic ring is 1. The molecule has 0 atom stereocenters. The number of aromatic nitrogens is 4. The van der Waals surface area contributed by atoms with Crippen LogP contribution in [0.2, 0.25) is 0 Å². The van der Waals surface area contributed by atoms with Crippen molar-refractivity contribution in [3.63, 3.8) is 0 Å². The molecule has 24 heavy (non-hydrogen) atoms. The van der Waals surface area contributed by atoms with Gasteiger partial charge < -0.3 is 20.5 Å². The molecule has 0 unspecified atom stereocenters. The van der Waals surface area contributed by atoms with Crippen LogP contribution in [-0.2, 0) is 13.6 Å². The third kappa shape index (κ3) is 3.03. The molecule has 0 aliphatic carbocycles. The molecular formula is C16H20N6O2. The zero-order valence-corrected chi connectivity index (χ0v) is 13.9. The van der Waals surface area contributed by atoms with Gasteiger partial charge in [0.1, 0.15) is 5.82 Å². The van der Waals surface area contributed by atoms with Crippen LogP contribution in [0.15, 0.2) is 24.4 Å². The Kier molecular flexibility index (Phi) is 4.37. The van der Waals surface area contributed by atoms with Gasteiger partial charge in [0.15, 0.2) is 17.1 Å². The minimum Gasteiger partial charge on any atom is -0.493 e. The number of hydrogen-bond donors (Lipinski definition) is 2. The van der Waals surface area contributed by atoms with Gasteiger partial charge in [0.25, 0.3) is 0 Å². The lowest BCUT2D eigenvalue weighted by Gasteiger charge is -2.11. The fourth-order valence-corrected chi connectivity index (χ4v) is 2.40. The van der Waals surface area contributed by atoms with E-state index in [9.17, 15) is 0 Å². The zero-order chi connectivity index (χ0) is 17.1. The topological polar surface area (TPSA) is 100 Å². The first-order chi connectivity index (χ1) is 11.6. The summed E-state index contributed by atoms with van der Waals surface area (Å²) in [5.41, 5.74) is 7.66. The first-order valence-electron chi connectivity index (χ1n) is 7.61. The first-order valence-corrected chi connectivity index (χ1v) is 7.61. The maximum Gasteiger partial charge on any atom is 0.226 e. The van der Waals surface area contributed by atoms with Crippen molar-refractivity contribution in [2.75, 3.05) is 24.8 Å². The molecule has 1 aromatic carbocycles. The molecule has 0 saturated heterocycles. The third-order valence-electron chi connectivity index (χ3n) is 3.60. The molecule has 3 rings (SSSR count). The van der Waals surface area contributed by atoms with E-state index in [1.54, 1.807) is 18.0 Å². The number of rotatable bonds is 6. The summed E-state index contributed by atoms with van der Waals surface area (Å²) in [7, 11) is 3.44. The van der Waals surface area contributed by atoms with E-state index in [0.717, 1.165) is 16.7 Å². The summed E-state index contributed by atoms with van der Waals surface area (Å²) < 4.78 is 12.5. The van der Waals surface area contributed by atoms with E-state index in [1.807, 2.05) is 32.2 Å². The van der Waals surface area contributed by atoms with E-state index < -0.39 is 0 Å². The number of nitrogens with zero attached hydrogens (tertiary/aromatic N) is 4. The van der Waals surface area contributed by atoms with E-state index in [1.165, 1.54) is 0 Å². The molecule has 3 N–H and O–H groups in total. The van der Waals surface area contributed by atoms with E-state index in [-0.39, 0.29) is 0 Å². The molecule has 8 nitrogen and oxygen atoms in total. The van der Waals surface area contributed by atoms with Crippen molar-refractivity contribution in [3.05, 3.63) is 30.0 Å². The number of hydrogen-bond acceptors (Lipinski definition) is 7. The summed E-state index contributed by atoms with van der Waals surface area (Å²) in [6.45, 7) is 3.06. The molecule has 126 valence electrons. The van der Waals surface area contributed by atoms with Crippen molar-refractivity contribution in [2.24, 2.45) is 7.05 Å². The lowest BCUT2D eigenvalue weighted by Crippen LogP contribution is -2.07. The summed E-state index contributed by atoms with van der Waals surface area (Å²) in [4.78, 5) is 8.71. The molecule has 3 aromatic rings. The van der Waals surface area contributed by atoms with E-state index in [0.29, 0.717) is 36.3 Å². The molecule has 0 saturated carbocycles. The Morgan fingerprint density at radius 2 is 2.08 bits per heavy atom. The second-order valence-electron chi connectivity index (χ2n) is 5.21. The van der Waals surface area contributed by atoms with Crippen LogP contribution >= 0.6 is 0 Å². The predicted octanol–water partition coefficient (Wildman–Crippen LogP) is 1.96. The molecule has 0 bridgehead atoms. The van der Waals surface area contributed by atoms with Gasteiger partial charge in [-0.15, -0.1) is 0 Å². The summed E-state index contributed by atoms with van der Waals surface area (Å²) in [6.07, 6.45) is 1.66. The van der Waals surface area contributed by atoms with Crippen molar-refractivity contribution in [2.45, 2.75) is 13.5 Å². The van der Waals surface area contributed by atoms with Gasteiger partial charge in [-0.1, -0.05) is 6.07 Å². The summed E-state index contributed by atoms with van der Waals surface area (Å²) in [6, 6.07) is 5.77. The maximum atomic E-state index is 5.96. The van der Waals surface area contributed by atoms with Gasteiger partial charge >= 0.3 is 0 Å². The highest BCUT2D eigenvalue weighted by molar-refractivity contribution is 5.86. The smallest absolute Gasteiger partial charge is 0.226 e. The molecular weight excluding hydrogens is 308 g/mol. The fourth-order valence-electron chi connectivity index (χ4n) is 2.40. The monoisotopic (exact) mass is 328 g/mol. The van der Waals surface area contributed by atoms with E-state index in [4.69, 9.17) is 15.2 Å². The predicted molar refractivity (Wildman–Crippen MR) is 92.2 cm³/mol. The Bertz CT molecular complexity index is 861. The largest absolute Gasteiger partial charge is 0.493 e. The highest BCUT2D eigenvalue weighted by atomic mass is 16.5. The van der Waals surface area contributed by atoms with E-state index in [2.05, 4.69) is 20.4 Å². The number of fused-ring (bicyclic) bond motifs is 1. The van der Waals surface area contributed by atoms with Crippen LogP contribution in [0.5, 0.6) is 11.5 Å². The van der Waals surface area contributed by atoms with Crippen LogP contribution in [0, 0.1) is 0 Å². The Balaban J connectivity index is 1.79. The average molecular weight is 328 g/mol. The van der Waals surface area contributed by atoms with Crippen molar-refractivity contribution >= 4 is 22.8 Å². The van der Waals surface area contributed by atoms with Crippen LogP contribution in [-0.4, -0.2) is 33.5 Å². The lowest BCUT2D eigenvalue weighted by atomic mass is 10.2. The first kappa shape index (κ1) is 15.9. The highest BCUT2D eigenvalue weighted by Crippen LogP contribution is 2.28. The minimum absolute atomic E-state index is 0.403.